The maximum absolute atomic E-state index is 12.6. The van der Waals surface area contributed by atoms with Gasteiger partial charge in [0.15, 0.2) is 5.82 Å². The summed E-state index contributed by atoms with van der Waals surface area (Å²) >= 11 is 19.4. The average Bonchev–Trinajstić information content (AvgIpc) is 3.40. The molecule has 2 heterocycles. The van der Waals surface area contributed by atoms with Crippen LogP contribution < -0.4 is 10.1 Å². The summed E-state index contributed by atoms with van der Waals surface area (Å²) in [6.07, 6.45) is 1.79. The molecular formula is C22H16Cl3N3O2S. The molecule has 2 aromatic heterocycles. The summed E-state index contributed by atoms with van der Waals surface area (Å²) in [7, 11) is 0. The third-order valence-electron chi connectivity index (χ3n) is 4.32. The molecule has 0 bridgehead atoms. The van der Waals surface area contributed by atoms with Crippen LogP contribution in [0.15, 0.2) is 66.2 Å². The van der Waals surface area contributed by atoms with Crippen LogP contribution in [0.5, 0.6) is 5.75 Å². The van der Waals surface area contributed by atoms with Gasteiger partial charge in [-0.25, -0.2) is 0 Å². The van der Waals surface area contributed by atoms with Crippen molar-refractivity contribution in [2.75, 3.05) is 5.32 Å². The molecule has 4 rings (SSSR count). The Hall–Kier alpha value is -2.51. The molecule has 4 aromatic rings. The van der Waals surface area contributed by atoms with E-state index >= 15 is 0 Å². The van der Waals surface area contributed by atoms with Crippen LogP contribution >= 0.6 is 46.1 Å². The molecule has 0 saturated heterocycles. The van der Waals surface area contributed by atoms with E-state index in [1.165, 1.54) is 11.3 Å². The number of hydrogen-bond donors (Lipinski definition) is 1. The number of nitrogens with one attached hydrogen (secondary N) is 1. The number of benzene rings is 2. The van der Waals surface area contributed by atoms with Crippen LogP contribution in [-0.4, -0.2) is 15.7 Å². The van der Waals surface area contributed by atoms with E-state index in [4.69, 9.17) is 39.5 Å². The van der Waals surface area contributed by atoms with E-state index in [2.05, 4.69) is 10.4 Å². The number of rotatable bonds is 7. The molecule has 0 aliphatic carbocycles. The quantitative estimate of drug-likeness (QED) is 0.309. The first-order valence-corrected chi connectivity index (χ1v) is 11.2. The Morgan fingerprint density at radius 1 is 1.00 bits per heavy atom. The number of carbonyl (C=O) groups is 1. The summed E-state index contributed by atoms with van der Waals surface area (Å²) in [5, 5.41) is 10.6. The Kier molecular flexibility index (Phi) is 6.83. The molecule has 1 amide bonds. The van der Waals surface area contributed by atoms with Gasteiger partial charge in [-0.2, -0.15) is 5.10 Å². The molecule has 9 heteroatoms. The number of para-hydroxylation sites is 1. The number of ether oxygens (including phenoxy) is 1. The van der Waals surface area contributed by atoms with Crippen molar-refractivity contribution in [1.82, 2.24) is 9.78 Å². The molecule has 0 fully saturated rings. The van der Waals surface area contributed by atoms with Crippen molar-refractivity contribution < 1.29 is 9.53 Å². The van der Waals surface area contributed by atoms with Crippen molar-refractivity contribution in [1.29, 1.82) is 0 Å². The molecule has 5 nitrogen and oxygen atoms in total. The number of amides is 1. The Labute approximate surface area is 198 Å². The molecule has 0 radical (unpaired) electrons. The minimum atomic E-state index is -0.228. The number of halogens is 3. The van der Waals surface area contributed by atoms with Gasteiger partial charge >= 0.3 is 0 Å². The lowest BCUT2D eigenvalue weighted by Gasteiger charge is -2.06. The first kappa shape index (κ1) is 21.7. The lowest BCUT2D eigenvalue weighted by molar-refractivity contribution is 0.103. The van der Waals surface area contributed by atoms with Crippen LogP contribution in [0.1, 0.15) is 20.8 Å². The van der Waals surface area contributed by atoms with Crippen molar-refractivity contribution in [2.45, 2.75) is 13.2 Å². The van der Waals surface area contributed by atoms with Gasteiger partial charge in [0.05, 0.1) is 26.5 Å². The summed E-state index contributed by atoms with van der Waals surface area (Å²) < 4.78 is 7.43. The van der Waals surface area contributed by atoms with Crippen molar-refractivity contribution >= 4 is 57.9 Å². The van der Waals surface area contributed by atoms with E-state index in [0.29, 0.717) is 44.7 Å². The Morgan fingerprint density at radius 2 is 1.84 bits per heavy atom. The second kappa shape index (κ2) is 9.75. The fraction of sp³-hybridized carbons (Fsp3) is 0.0909. The number of anilines is 1. The average molecular weight is 493 g/mol. The Bertz CT molecular complexity index is 1220. The van der Waals surface area contributed by atoms with Gasteiger partial charge in [-0.1, -0.05) is 53.0 Å². The van der Waals surface area contributed by atoms with Crippen LogP contribution in [0.4, 0.5) is 5.82 Å². The monoisotopic (exact) mass is 491 g/mol. The fourth-order valence-corrected chi connectivity index (χ4v) is 4.12. The largest absolute Gasteiger partial charge is 0.487 e. The van der Waals surface area contributed by atoms with Crippen LogP contribution in [0.2, 0.25) is 15.1 Å². The SMILES string of the molecule is O=C(Nc1ccn(Cc2ccc(Cl)c(Cl)c2)n1)c1cc(COc2ccccc2Cl)cs1. The van der Waals surface area contributed by atoms with Gasteiger partial charge in [0, 0.05) is 17.8 Å². The Balaban J connectivity index is 1.34. The zero-order valence-corrected chi connectivity index (χ0v) is 19.1. The highest BCUT2D eigenvalue weighted by Gasteiger charge is 2.12. The van der Waals surface area contributed by atoms with Gasteiger partial charge in [-0.15, -0.1) is 11.3 Å². The topological polar surface area (TPSA) is 56.2 Å². The maximum Gasteiger partial charge on any atom is 0.266 e. The van der Waals surface area contributed by atoms with Crippen molar-refractivity contribution in [3.05, 3.63) is 97.2 Å². The fourth-order valence-electron chi connectivity index (χ4n) is 2.81. The summed E-state index contributed by atoms with van der Waals surface area (Å²) in [4.78, 5) is 13.1. The van der Waals surface area contributed by atoms with E-state index in [9.17, 15) is 4.79 Å². The highest BCUT2D eigenvalue weighted by Crippen LogP contribution is 2.25. The number of thiophene rings is 1. The predicted molar refractivity (Wildman–Crippen MR) is 126 cm³/mol. The van der Waals surface area contributed by atoms with Gasteiger partial charge in [0.1, 0.15) is 12.4 Å². The van der Waals surface area contributed by atoms with Gasteiger partial charge in [0.25, 0.3) is 5.91 Å². The number of hydrogen-bond acceptors (Lipinski definition) is 4. The molecule has 0 aliphatic rings. The van der Waals surface area contributed by atoms with Crippen LogP contribution in [0.3, 0.4) is 0 Å². The zero-order valence-electron chi connectivity index (χ0n) is 16.0. The lowest BCUT2D eigenvalue weighted by Crippen LogP contribution is -2.11. The molecule has 31 heavy (non-hydrogen) atoms. The van der Waals surface area contributed by atoms with Crippen LogP contribution in [-0.2, 0) is 13.2 Å². The normalized spacial score (nSPS) is 10.8. The van der Waals surface area contributed by atoms with Gasteiger partial charge in [0.2, 0.25) is 0 Å². The minimum Gasteiger partial charge on any atom is -0.487 e. The van der Waals surface area contributed by atoms with Gasteiger partial charge in [-0.3, -0.25) is 9.48 Å². The third kappa shape index (κ3) is 5.60. The number of carbonyl (C=O) groups excluding carboxylic acids is 1. The minimum absolute atomic E-state index is 0.228. The zero-order chi connectivity index (χ0) is 21.8. The third-order valence-corrected chi connectivity index (χ3v) is 6.35. The standard InChI is InChI=1S/C22H16Cl3N3O2S/c23-16-6-5-14(9-18(16)25)11-28-8-7-21(27-28)26-22(29)20-10-15(13-31-20)12-30-19-4-2-1-3-17(19)24/h1-10,13H,11-12H2,(H,26,27,29). The summed E-state index contributed by atoms with van der Waals surface area (Å²) in [6, 6.07) is 16.2. The summed E-state index contributed by atoms with van der Waals surface area (Å²) in [5.74, 6) is 0.843. The molecule has 0 unspecified atom stereocenters. The van der Waals surface area contributed by atoms with Crippen LogP contribution in [0, 0.1) is 0 Å². The van der Waals surface area contributed by atoms with Gasteiger partial charge in [-0.05, 0) is 41.3 Å². The van der Waals surface area contributed by atoms with Crippen molar-refractivity contribution in [2.24, 2.45) is 0 Å². The second-order valence-corrected chi connectivity index (χ2v) is 8.77. The van der Waals surface area contributed by atoms with E-state index in [1.54, 1.807) is 47.3 Å². The molecule has 0 aliphatic heterocycles. The molecule has 2 aromatic carbocycles. The van der Waals surface area contributed by atoms with E-state index in [1.807, 2.05) is 23.6 Å². The molecule has 158 valence electrons. The Morgan fingerprint density at radius 3 is 2.65 bits per heavy atom. The highest BCUT2D eigenvalue weighted by atomic mass is 35.5. The van der Waals surface area contributed by atoms with Crippen LogP contribution in [0.25, 0.3) is 0 Å². The van der Waals surface area contributed by atoms with E-state index in [-0.39, 0.29) is 5.91 Å². The van der Waals surface area contributed by atoms with E-state index < -0.39 is 0 Å². The smallest absolute Gasteiger partial charge is 0.266 e. The first-order valence-electron chi connectivity index (χ1n) is 9.21. The molecular weight excluding hydrogens is 477 g/mol. The number of aromatic nitrogens is 2. The molecule has 0 atom stereocenters. The second-order valence-electron chi connectivity index (χ2n) is 6.64. The van der Waals surface area contributed by atoms with Crippen molar-refractivity contribution in [3.63, 3.8) is 0 Å². The highest BCUT2D eigenvalue weighted by molar-refractivity contribution is 7.12. The molecule has 0 saturated carbocycles. The first-order chi connectivity index (χ1) is 15.0. The number of nitrogens with zero attached hydrogens (tertiary/aromatic N) is 2. The molecule has 1 N–H and O–H groups in total. The lowest BCUT2D eigenvalue weighted by atomic mass is 10.2. The van der Waals surface area contributed by atoms with Crippen molar-refractivity contribution in [3.8, 4) is 5.75 Å². The van der Waals surface area contributed by atoms with Gasteiger partial charge < -0.3 is 10.1 Å². The van der Waals surface area contributed by atoms with E-state index in [0.717, 1.165) is 11.1 Å². The molecule has 0 spiro atoms. The maximum atomic E-state index is 12.6. The predicted octanol–water partition coefficient (Wildman–Crippen LogP) is 6.78. The summed E-state index contributed by atoms with van der Waals surface area (Å²) in [5.41, 5.74) is 1.84. The summed E-state index contributed by atoms with van der Waals surface area (Å²) in [6.45, 7) is 0.834.